The molecule has 0 spiro atoms. The number of benzene rings is 2. The Hall–Kier alpha value is -3.91. The van der Waals surface area contributed by atoms with E-state index in [-0.39, 0.29) is 5.56 Å². The van der Waals surface area contributed by atoms with Gasteiger partial charge in [0.05, 0.1) is 17.3 Å². The zero-order chi connectivity index (χ0) is 21.5. The number of hydrogen-bond acceptors (Lipinski definition) is 4. The summed E-state index contributed by atoms with van der Waals surface area (Å²) in [4.78, 5) is 32.9. The van der Waals surface area contributed by atoms with Gasteiger partial charge in [0, 0.05) is 28.8 Å². The number of hydrogen-bond donors (Lipinski definition) is 1. The highest BCUT2D eigenvalue weighted by Gasteiger charge is 2.16. The zero-order valence-electron chi connectivity index (χ0n) is 15.8. The highest BCUT2D eigenvalue weighted by atomic mass is 32.1. The topological polar surface area (TPSA) is 67.8 Å². The van der Waals surface area contributed by atoms with Crippen LogP contribution in [0.3, 0.4) is 0 Å². The number of rotatable bonds is 3. The summed E-state index contributed by atoms with van der Waals surface area (Å²) in [5.74, 6) is -1.29. The fourth-order valence-electron chi connectivity index (χ4n) is 3.51. The fraction of sp³-hybridized carbons (Fsp3) is 0. The van der Waals surface area contributed by atoms with Gasteiger partial charge in [0.2, 0.25) is 0 Å². The molecule has 5 aromatic rings. The molecule has 0 saturated carbocycles. The van der Waals surface area contributed by atoms with Crippen LogP contribution in [0.5, 0.6) is 0 Å². The van der Waals surface area contributed by atoms with Crippen molar-refractivity contribution < 1.29 is 8.78 Å². The van der Waals surface area contributed by atoms with Crippen molar-refractivity contribution in [2.24, 2.45) is 0 Å². The first-order chi connectivity index (χ1) is 15.0. The first-order valence-corrected chi connectivity index (χ1v) is 10.1. The minimum atomic E-state index is -0.648. The van der Waals surface area contributed by atoms with Crippen molar-refractivity contribution in [3.8, 4) is 27.9 Å². The van der Waals surface area contributed by atoms with E-state index in [1.54, 1.807) is 48.0 Å². The quantitative estimate of drug-likeness (QED) is 0.447. The van der Waals surface area contributed by atoms with Gasteiger partial charge in [0.1, 0.15) is 16.5 Å². The van der Waals surface area contributed by atoms with Crippen LogP contribution in [0.1, 0.15) is 0 Å². The Kier molecular flexibility index (Phi) is 4.56. The minimum absolute atomic E-state index is 0.284. The van der Waals surface area contributed by atoms with E-state index < -0.39 is 22.9 Å². The second-order valence-electron chi connectivity index (χ2n) is 6.84. The van der Waals surface area contributed by atoms with Gasteiger partial charge in [0.15, 0.2) is 0 Å². The zero-order valence-corrected chi connectivity index (χ0v) is 16.6. The van der Waals surface area contributed by atoms with E-state index in [0.29, 0.717) is 27.0 Å². The van der Waals surface area contributed by atoms with E-state index in [1.165, 1.54) is 29.7 Å². The van der Waals surface area contributed by atoms with Gasteiger partial charge in [-0.1, -0.05) is 24.3 Å². The number of thiophene rings is 1. The standard InChI is InChI=1S/C23H13F2N3O2S/c24-15-7-8-17(19(25)10-15)13-3-5-14(6-4-13)18-12-31-21-20(18)22(29)28(23(30)27-21)16-2-1-9-26-11-16/h1-12H,(H,27,30). The van der Waals surface area contributed by atoms with Crippen LogP contribution >= 0.6 is 11.3 Å². The lowest BCUT2D eigenvalue weighted by Crippen LogP contribution is -2.33. The number of aromatic nitrogens is 3. The molecular formula is C23H13F2N3O2S. The van der Waals surface area contributed by atoms with Crippen molar-refractivity contribution in [2.75, 3.05) is 0 Å². The van der Waals surface area contributed by atoms with E-state index in [1.807, 2.05) is 0 Å². The van der Waals surface area contributed by atoms with Gasteiger partial charge in [-0.3, -0.25) is 14.8 Å². The summed E-state index contributed by atoms with van der Waals surface area (Å²) in [7, 11) is 0. The third-order valence-electron chi connectivity index (χ3n) is 4.97. The third kappa shape index (κ3) is 3.27. The van der Waals surface area contributed by atoms with Crippen LogP contribution in [-0.2, 0) is 0 Å². The summed E-state index contributed by atoms with van der Waals surface area (Å²) < 4.78 is 28.3. The Balaban J connectivity index is 1.64. The smallest absolute Gasteiger partial charge is 0.298 e. The van der Waals surface area contributed by atoms with Gasteiger partial charge in [0.25, 0.3) is 5.56 Å². The molecule has 0 fully saturated rings. The normalized spacial score (nSPS) is 11.2. The molecule has 5 nitrogen and oxygen atoms in total. The molecule has 0 saturated heterocycles. The average Bonchev–Trinajstić information content (AvgIpc) is 3.19. The van der Waals surface area contributed by atoms with Gasteiger partial charge in [-0.05, 0) is 35.4 Å². The monoisotopic (exact) mass is 433 g/mol. The number of H-pyrrole nitrogens is 1. The molecule has 0 bridgehead atoms. The van der Waals surface area contributed by atoms with Crippen LogP contribution < -0.4 is 11.2 Å². The van der Waals surface area contributed by atoms with Crippen molar-refractivity contribution >= 4 is 21.6 Å². The fourth-order valence-corrected chi connectivity index (χ4v) is 4.46. The minimum Gasteiger partial charge on any atom is -0.298 e. The van der Waals surface area contributed by atoms with Crippen LogP contribution in [-0.4, -0.2) is 14.5 Å². The van der Waals surface area contributed by atoms with E-state index in [2.05, 4.69) is 9.97 Å². The first kappa shape index (κ1) is 19.1. The Morgan fingerprint density at radius 3 is 2.35 bits per heavy atom. The van der Waals surface area contributed by atoms with Gasteiger partial charge in [-0.25, -0.2) is 18.1 Å². The largest absolute Gasteiger partial charge is 0.334 e. The van der Waals surface area contributed by atoms with E-state index in [9.17, 15) is 18.4 Å². The molecule has 0 unspecified atom stereocenters. The molecular weight excluding hydrogens is 420 g/mol. The molecule has 0 aliphatic heterocycles. The predicted octanol–water partition coefficient (Wildman–Crippen LogP) is 4.75. The average molecular weight is 433 g/mol. The molecule has 2 aromatic carbocycles. The molecule has 5 rings (SSSR count). The summed E-state index contributed by atoms with van der Waals surface area (Å²) in [6.45, 7) is 0. The van der Waals surface area contributed by atoms with Crippen LogP contribution in [0, 0.1) is 11.6 Å². The second kappa shape index (κ2) is 7.41. The molecule has 1 N–H and O–H groups in total. The molecule has 0 radical (unpaired) electrons. The molecule has 31 heavy (non-hydrogen) atoms. The van der Waals surface area contributed by atoms with Gasteiger partial charge in [-0.2, -0.15) is 0 Å². The molecule has 152 valence electrons. The number of aromatic amines is 1. The molecule has 0 atom stereocenters. The number of fused-ring (bicyclic) bond motifs is 1. The summed E-state index contributed by atoms with van der Waals surface area (Å²) >= 11 is 1.26. The molecule has 0 amide bonds. The lowest BCUT2D eigenvalue weighted by molar-refractivity contribution is 0.585. The SMILES string of the molecule is O=c1[nH]c2scc(-c3ccc(-c4ccc(F)cc4F)cc3)c2c(=O)n1-c1cccnc1. The van der Waals surface area contributed by atoms with Gasteiger partial charge >= 0.3 is 5.69 Å². The number of pyridine rings is 1. The van der Waals surface area contributed by atoms with Crippen LogP contribution in [0.4, 0.5) is 8.78 Å². The van der Waals surface area contributed by atoms with Gasteiger partial charge < -0.3 is 0 Å². The summed E-state index contributed by atoms with van der Waals surface area (Å²) in [6, 6.07) is 13.7. The summed E-state index contributed by atoms with van der Waals surface area (Å²) in [6.07, 6.45) is 3.00. The number of nitrogens with zero attached hydrogens (tertiary/aromatic N) is 2. The molecule has 0 aliphatic rings. The number of nitrogens with one attached hydrogen (secondary N) is 1. The first-order valence-electron chi connectivity index (χ1n) is 9.26. The maximum absolute atomic E-state index is 14.1. The maximum Gasteiger partial charge on any atom is 0.334 e. The molecule has 3 aromatic heterocycles. The lowest BCUT2D eigenvalue weighted by atomic mass is 10.0. The van der Waals surface area contributed by atoms with Crippen LogP contribution in [0.15, 0.2) is 82.0 Å². The Bertz CT molecular complexity index is 1540. The van der Waals surface area contributed by atoms with Crippen molar-refractivity contribution in [1.29, 1.82) is 0 Å². The molecule has 8 heteroatoms. The lowest BCUT2D eigenvalue weighted by Gasteiger charge is -2.07. The Morgan fingerprint density at radius 1 is 0.935 bits per heavy atom. The number of halogens is 2. The van der Waals surface area contributed by atoms with Crippen LogP contribution in [0.2, 0.25) is 0 Å². The van der Waals surface area contributed by atoms with Crippen molar-refractivity contribution in [2.45, 2.75) is 0 Å². The van der Waals surface area contributed by atoms with Gasteiger partial charge in [-0.15, -0.1) is 11.3 Å². The summed E-state index contributed by atoms with van der Waals surface area (Å²) in [5.41, 5.74) is 1.64. The molecule has 0 aliphatic carbocycles. The Labute approximate surface area is 177 Å². The van der Waals surface area contributed by atoms with Crippen LogP contribution in [0.25, 0.3) is 38.2 Å². The maximum atomic E-state index is 14.1. The summed E-state index contributed by atoms with van der Waals surface area (Å²) in [5, 5.41) is 2.18. The highest BCUT2D eigenvalue weighted by molar-refractivity contribution is 7.17. The molecule has 3 heterocycles. The third-order valence-corrected chi connectivity index (χ3v) is 5.87. The van der Waals surface area contributed by atoms with Crippen molar-refractivity contribution in [1.82, 2.24) is 14.5 Å². The van der Waals surface area contributed by atoms with E-state index in [4.69, 9.17) is 0 Å². The van der Waals surface area contributed by atoms with E-state index in [0.717, 1.165) is 16.2 Å². The Morgan fingerprint density at radius 2 is 1.68 bits per heavy atom. The second-order valence-corrected chi connectivity index (χ2v) is 7.72. The van der Waals surface area contributed by atoms with Crippen molar-refractivity contribution in [3.63, 3.8) is 0 Å². The predicted molar refractivity (Wildman–Crippen MR) is 117 cm³/mol. The van der Waals surface area contributed by atoms with Crippen molar-refractivity contribution in [3.05, 3.63) is 105 Å². The van der Waals surface area contributed by atoms with E-state index >= 15 is 0 Å². The highest BCUT2D eigenvalue weighted by Crippen LogP contribution is 2.32.